The van der Waals surface area contributed by atoms with Crippen molar-refractivity contribution < 1.29 is 18.5 Å². The van der Waals surface area contributed by atoms with Gasteiger partial charge in [-0.05, 0) is 41.9 Å². The molecule has 0 atom stereocenters. The number of hydrogen-bond acceptors (Lipinski definition) is 4. The number of nitrogens with zero attached hydrogens (tertiary/aromatic N) is 1. The van der Waals surface area contributed by atoms with Gasteiger partial charge in [-0.3, -0.25) is 0 Å². The average molecular weight is 345 g/mol. The fraction of sp³-hybridized carbons (Fsp3) is 0.294. The summed E-state index contributed by atoms with van der Waals surface area (Å²) in [6.07, 6.45) is 1.51. The topological polar surface area (TPSA) is 77.8 Å². The van der Waals surface area contributed by atoms with Gasteiger partial charge in [0.1, 0.15) is 0 Å². The van der Waals surface area contributed by atoms with Gasteiger partial charge in [-0.1, -0.05) is 42.5 Å². The van der Waals surface area contributed by atoms with Crippen LogP contribution in [0.3, 0.4) is 0 Å². The van der Waals surface area contributed by atoms with E-state index in [1.807, 2.05) is 12.1 Å². The highest BCUT2D eigenvalue weighted by molar-refractivity contribution is 7.89. The first kappa shape index (κ1) is 17.2. The minimum absolute atomic E-state index is 0.289. The minimum atomic E-state index is -3.42. The molecule has 0 saturated carbocycles. The van der Waals surface area contributed by atoms with E-state index in [-0.39, 0.29) is 5.92 Å². The van der Waals surface area contributed by atoms with Gasteiger partial charge >= 0.3 is 7.12 Å². The van der Waals surface area contributed by atoms with Gasteiger partial charge in [-0.15, -0.1) is 0 Å². The molecule has 2 aromatic carbocycles. The highest BCUT2D eigenvalue weighted by Gasteiger charge is 2.29. The molecule has 1 saturated heterocycles. The third-order valence-corrected chi connectivity index (χ3v) is 6.45. The Bertz CT molecular complexity index is 770. The molecule has 0 unspecified atom stereocenters. The SMILES string of the molecule is O=S(=O)(c1ccccc1)N1CCC(c2ccc(B(O)O)cc2)CC1. The Morgan fingerprint density at radius 2 is 1.50 bits per heavy atom. The van der Waals surface area contributed by atoms with E-state index < -0.39 is 17.1 Å². The highest BCUT2D eigenvalue weighted by atomic mass is 32.2. The molecule has 1 heterocycles. The van der Waals surface area contributed by atoms with Gasteiger partial charge in [0.2, 0.25) is 10.0 Å². The molecule has 3 rings (SSSR count). The minimum Gasteiger partial charge on any atom is -0.423 e. The molecule has 2 N–H and O–H groups in total. The van der Waals surface area contributed by atoms with Crippen LogP contribution >= 0.6 is 0 Å². The Labute approximate surface area is 142 Å². The normalized spacial score (nSPS) is 16.9. The second kappa shape index (κ2) is 7.07. The molecule has 24 heavy (non-hydrogen) atoms. The molecule has 0 spiro atoms. The molecule has 0 aromatic heterocycles. The molecule has 0 amide bonds. The van der Waals surface area contributed by atoms with Gasteiger partial charge in [0.15, 0.2) is 0 Å². The fourth-order valence-electron chi connectivity index (χ4n) is 3.11. The van der Waals surface area contributed by atoms with E-state index in [2.05, 4.69) is 0 Å². The lowest BCUT2D eigenvalue weighted by Gasteiger charge is -2.31. The fourth-order valence-corrected chi connectivity index (χ4v) is 4.60. The summed E-state index contributed by atoms with van der Waals surface area (Å²) < 4.78 is 26.8. The van der Waals surface area contributed by atoms with Crippen LogP contribution in [-0.2, 0) is 10.0 Å². The molecule has 0 aliphatic carbocycles. The van der Waals surface area contributed by atoms with Crippen LogP contribution in [0, 0.1) is 0 Å². The molecular formula is C17H20BNO4S. The lowest BCUT2D eigenvalue weighted by atomic mass is 9.79. The van der Waals surface area contributed by atoms with Crippen molar-refractivity contribution in [2.75, 3.05) is 13.1 Å². The summed E-state index contributed by atoms with van der Waals surface area (Å²) in [5.74, 6) is 0.289. The third kappa shape index (κ3) is 3.54. The molecule has 1 aliphatic rings. The molecule has 2 aromatic rings. The third-order valence-electron chi connectivity index (χ3n) is 4.54. The van der Waals surface area contributed by atoms with E-state index in [1.165, 1.54) is 0 Å². The van der Waals surface area contributed by atoms with Gasteiger partial charge in [-0.2, -0.15) is 4.31 Å². The number of benzene rings is 2. The monoisotopic (exact) mass is 345 g/mol. The standard InChI is InChI=1S/C17H20BNO4S/c20-18(21)16-8-6-14(7-9-16)15-10-12-19(13-11-15)24(22,23)17-4-2-1-3-5-17/h1-9,15,20-21H,10-13H2. The van der Waals surface area contributed by atoms with Crippen molar-refractivity contribution >= 4 is 22.6 Å². The molecule has 7 heteroatoms. The summed E-state index contributed by atoms with van der Waals surface area (Å²) >= 11 is 0. The van der Waals surface area contributed by atoms with Crippen LogP contribution in [0.25, 0.3) is 0 Å². The van der Waals surface area contributed by atoms with Crippen molar-refractivity contribution in [1.29, 1.82) is 0 Å². The molecular weight excluding hydrogens is 325 g/mol. The Balaban J connectivity index is 1.67. The molecule has 0 bridgehead atoms. The van der Waals surface area contributed by atoms with E-state index in [9.17, 15) is 8.42 Å². The summed E-state index contributed by atoms with van der Waals surface area (Å²) in [7, 11) is -4.88. The Morgan fingerprint density at radius 3 is 2.04 bits per heavy atom. The zero-order chi connectivity index (χ0) is 17.2. The number of sulfonamides is 1. The predicted octanol–water partition coefficient (Wildman–Crippen LogP) is 0.935. The summed E-state index contributed by atoms with van der Waals surface area (Å²) in [6.45, 7) is 0.985. The summed E-state index contributed by atoms with van der Waals surface area (Å²) in [6, 6.07) is 15.7. The lowest BCUT2D eigenvalue weighted by molar-refractivity contribution is 0.319. The maximum absolute atomic E-state index is 12.6. The van der Waals surface area contributed by atoms with E-state index >= 15 is 0 Å². The van der Waals surface area contributed by atoms with Crippen LogP contribution in [0.15, 0.2) is 59.5 Å². The summed E-state index contributed by atoms with van der Waals surface area (Å²) in [4.78, 5) is 0.338. The van der Waals surface area contributed by atoms with Crippen molar-refractivity contribution in [2.24, 2.45) is 0 Å². The summed E-state index contributed by atoms with van der Waals surface area (Å²) in [5, 5.41) is 18.3. The van der Waals surface area contributed by atoms with Gasteiger partial charge in [0.05, 0.1) is 4.90 Å². The van der Waals surface area contributed by atoms with Crippen LogP contribution in [0.1, 0.15) is 24.3 Å². The average Bonchev–Trinajstić information content (AvgIpc) is 2.62. The molecule has 5 nitrogen and oxygen atoms in total. The first-order valence-electron chi connectivity index (χ1n) is 7.99. The first-order valence-corrected chi connectivity index (χ1v) is 9.43. The van der Waals surface area contributed by atoms with Gasteiger partial charge < -0.3 is 10.0 Å². The number of rotatable bonds is 4. The molecule has 1 fully saturated rings. The van der Waals surface area contributed by atoms with E-state index in [0.717, 1.165) is 18.4 Å². The van der Waals surface area contributed by atoms with E-state index in [0.29, 0.717) is 23.4 Å². The summed E-state index contributed by atoms with van der Waals surface area (Å²) in [5.41, 5.74) is 1.57. The van der Waals surface area contributed by atoms with Gasteiger partial charge in [-0.25, -0.2) is 8.42 Å². The smallest absolute Gasteiger partial charge is 0.423 e. The Kier molecular flexibility index (Phi) is 5.05. The molecule has 0 radical (unpaired) electrons. The lowest BCUT2D eigenvalue weighted by Crippen LogP contribution is -2.38. The van der Waals surface area contributed by atoms with Crippen molar-refractivity contribution in [3.63, 3.8) is 0 Å². The van der Waals surface area contributed by atoms with Crippen LogP contribution in [0.4, 0.5) is 0 Å². The zero-order valence-electron chi connectivity index (χ0n) is 13.2. The van der Waals surface area contributed by atoms with Crippen LogP contribution in [-0.4, -0.2) is 43.0 Å². The first-order chi connectivity index (χ1) is 11.5. The molecule has 126 valence electrons. The van der Waals surface area contributed by atoms with Crippen molar-refractivity contribution in [3.05, 3.63) is 60.2 Å². The van der Waals surface area contributed by atoms with Crippen molar-refractivity contribution in [3.8, 4) is 0 Å². The Morgan fingerprint density at radius 1 is 0.917 bits per heavy atom. The predicted molar refractivity (Wildman–Crippen MR) is 93.4 cm³/mol. The van der Waals surface area contributed by atoms with Gasteiger partial charge in [0.25, 0.3) is 0 Å². The largest absolute Gasteiger partial charge is 0.488 e. The van der Waals surface area contributed by atoms with Gasteiger partial charge in [0, 0.05) is 13.1 Å². The second-order valence-corrected chi connectivity index (χ2v) is 7.97. The second-order valence-electron chi connectivity index (χ2n) is 6.03. The van der Waals surface area contributed by atoms with Crippen molar-refractivity contribution in [2.45, 2.75) is 23.7 Å². The van der Waals surface area contributed by atoms with E-state index in [1.54, 1.807) is 46.8 Å². The number of piperidine rings is 1. The maximum Gasteiger partial charge on any atom is 0.488 e. The number of hydrogen-bond donors (Lipinski definition) is 2. The van der Waals surface area contributed by atoms with Crippen LogP contribution in [0.2, 0.25) is 0 Å². The van der Waals surface area contributed by atoms with Crippen LogP contribution < -0.4 is 5.46 Å². The maximum atomic E-state index is 12.6. The molecule has 1 aliphatic heterocycles. The van der Waals surface area contributed by atoms with E-state index in [4.69, 9.17) is 10.0 Å². The highest BCUT2D eigenvalue weighted by Crippen LogP contribution is 2.30. The Hall–Kier alpha value is -1.67. The quantitative estimate of drug-likeness (QED) is 0.809. The van der Waals surface area contributed by atoms with Crippen molar-refractivity contribution in [1.82, 2.24) is 4.31 Å². The zero-order valence-corrected chi connectivity index (χ0v) is 14.1. The van der Waals surface area contributed by atoms with Crippen LogP contribution in [0.5, 0.6) is 0 Å².